The van der Waals surface area contributed by atoms with Gasteiger partial charge < -0.3 is 4.74 Å². The first kappa shape index (κ1) is 22.7. The fraction of sp³-hybridized carbons (Fsp3) is 0.263. The molecule has 1 saturated heterocycles. The highest BCUT2D eigenvalue weighted by Gasteiger charge is 2.21. The molecule has 0 unspecified atom stereocenters. The highest BCUT2D eigenvalue weighted by Crippen LogP contribution is 2.28. The van der Waals surface area contributed by atoms with Crippen molar-refractivity contribution < 1.29 is 17.9 Å². The number of nitrogens with zero attached hydrogens (tertiary/aromatic N) is 2. The van der Waals surface area contributed by atoms with Crippen molar-refractivity contribution in [1.82, 2.24) is 5.43 Å². The molecule has 0 spiro atoms. The zero-order chi connectivity index (χ0) is 21.7. The van der Waals surface area contributed by atoms with Gasteiger partial charge in [0.25, 0.3) is 5.91 Å². The van der Waals surface area contributed by atoms with Crippen LogP contribution in [0.2, 0.25) is 10.0 Å². The Labute approximate surface area is 189 Å². The normalized spacial score (nSPS) is 14.4. The number of hydrogen-bond acceptors (Lipinski definition) is 6. The van der Waals surface area contributed by atoms with Gasteiger partial charge in [-0.1, -0.05) is 23.2 Å². The van der Waals surface area contributed by atoms with Crippen molar-refractivity contribution in [1.29, 1.82) is 0 Å². The van der Waals surface area contributed by atoms with Gasteiger partial charge in [-0.3, -0.25) is 9.10 Å². The number of thioether (sulfide) groups is 1. The molecule has 30 heavy (non-hydrogen) atoms. The number of amides is 1. The summed E-state index contributed by atoms with van der Waals surface area (Å²) < 4.78 is 30.9. The lowest BCUT2D eigenvalue weighted by Gasteiger charge is -2.25. The summed E-state index contributed by atoms with van der Waals surface area (Å²) in [5.41, 5.74) is 3.31. The lowest BCUT2D eigenvalue weighted by atomic mass is 10.2. The van der Waals surface area contributed by atoms with E-state index in [-0.39, 0.29) is 21.8 Å². The Morgan fingerprint density at radius 3 is 2.50 bits per heavy atom. The van der Waals surface area contributed by atoms with Gasteiger partial charge in [-0.25, -0.2) is 13.8 Å². The summed E-state index contributed by atoms with van der Waals surface area (Å²) in [6.45, 7) is -0.458. The van der Waals surface area contributed by atoms with E-state index >= 15 is 0 Å². The van der Waals surface area contributed by atoms with E-state index in [4.69, 9.17) is 27.9 Å². The van der Waals surface area contributed by atoms with Crippen LogP contribution in [0.5, 0.6) is 5.75 Å². The minimum Gasteiger partial charge on any atom is -0.489 e. The molecule has 1 aliphatic rings. The molecular weight excluding hydrogens is 469 g/mol. The molecule has 160 valence electrons. The van der Waals surface area contributed by atoms with E-state index in [9.17, 15) is 13.2 Å². The fourth-order valence-electron chi connectivity index (χ4n) is 2.49. The number of rotatable bonds is 8. The second-order valence-electron chi connectivity index (χ2n) is 6.51. The number of sulfonamides is 1. The summed E-state index contributed by atoms with van der Waals surface area (Å²) in [6, 6.07) is 11.6. The third-order valence-corrected chi connectivity index (χ3v) is 7.17. The quantitative estimate of drug-likeness (QED) is 0.455. The molecule has 3 rings (SSSR count). The van der Waals surface area contributed by atoms with Crippen LogP contribution in [-0.4, -0.2) is 50.9 Å². The van der Waals surface area contributed by atoms with Gasteiger partial charge in [-0.2, -0.15) is 16.9 Å². The molecule has 1 aliphatic heterocycles. The summed E-state index contributed by atoms with van der Waals surface area (Å²) >= 11 is 13.7. The lowest BCUT2D eigenvalue weighted by Crippen LogP contribution is -2.39. The molecule has 2 aromatic rings. The van der Waals surface area contributed by atoms with Gasteiger partial charge in [0.2, 0.25) is 10.0 Å². The van der Waals surface area contributed by atoms with Gasteiger partial charge in [0.05, 0.1) is 28.2 Å². The number of ether oxygens (including phenoxy) is 1. The number of hydrazone groups is 1. The maximum atomic E-state index is 12.2. The number of halogens is 2. The van der Waals surface area contributed by atoms with Crippen molar-refractivity contribution >= 4 is 62.8 Å². The first-order valence-electron chi connectivity index (χ1n) is 8.81. The number of benzene rings is 2. The predicted octanol–water partition coefficient (Wildman–Crippen LogP) is 3.40. The summed E-state index contributed by atoms with van der Waals surface area (Å²) in [4.78, 5) is 12.2. The highest BCUT2D eigenvalue weighted by atomic mass is 35.5. The van der Waals surface area contributed by atoms with Gasteiger partial charge in [0, 0.05) is 11.5 Å². The average Bonchev–Trinajstić information content (AvgIpc) is 2.65. The lowest BCUT2D eigenvalue weighted by molar-refractivity contribution is -0.119. The van der Waals surface area contributed by atoms with E-state index in [2.05, 4.69) is 10.5 Å². The SMILES string of the molecule is CS(=O)(=O)N(CC(=O)N/N=C\c1ccc(OC2CSC2)cc1)c1ccc(Cl)c(Cl)c1. The molecule has 0 aliphatic carbocycles. The summed E-state index contributed by atoms with van der Waals surface area (Å²) in [6.07, 6.45) is 2.73. The van der Waals surface area contributed by atoms with E-state index in [1.165, 1.54) is 24.4 Å². The molecule has 1 amide bonds. The smallest absolute Gasteiger partial charge is 0.260 e. The maximum absolute atomic E-state index is 12.2. The van der Waals surface area contributed by atoms with Gasteiger partial charge in [-0.15, -0.1) is 0 Å². The molecular formula is C19H19Cl2N3O4S2. The Bertz CT molecular complexity index is 1040. The molecule has 0 bridgehead atoms. The van der Waals surface area contributed by atoms with Crippen molar-refractivity contribution in [2.45, 2.75) is 6.10 Å². The number of nitrogens with one attached hydrogen (secondary N) is 1. The molecule has 2 aromatic carbocycles. The fourth-order valence-corrected chi connectivity index (χ4v) is 4.20. The van der Waals surface area contributed by atoms with Crippen molar-refractivity contribution in [3.63, 3.8) is 0 Å². The van der Waals surface area contributed by atoms with Crippen molar-refractivity contribution in [2.75, 3.05) is 28.6 Å². The van der Waals surface area contributed by atoms with E-state index in [1.54, 1.807) is 0 Å². The van der Waals surface area contributed by atoms with Gasteiger partial charge in [0.15, 0.2) is 0 Å². The Morgan fingerprint density at radius 1 is 1.23 bits per heavy atom. The molecule has 0 aromatic heterocycles. The first-order valence-corrected chi connectivity index (χ1v) is 12.6. The summed E-state index contributed by atoms with van der Waals surface area (Å²) in [7, 11) is -3.73. The Morgan fingerprint density at radius 2 is 1.93 bits per heavy atom. The van der Waals surface area contributed by atoms with E-state index < -0.39 is 22.5 Å². The Balaban J connectivity index is 1.59. The predicted molar refractivity (Wildman–Crippen MR) is 123 cm³/mol. The second kappa shape index (κ2) is 9.91. The van der Waals surface area contributed by atoms with Crippen LogP contribution in [0.25, 0.3) is 0 Å². The molecule has 0 radical (unpaired) electrons. The topological polar surface area (TPSA) is 88.1 Å². The maximum Gasteiger partial charge on any atom is 0.260 e. The molecule has 1 N–H and O–H groups in total. The zero-order valence-electron chi connectivity index (χ0n) is 15.9. The summed E-state index contributed by atoms with van der Waals surface area (Å²) in [5, 5.41) is 4.35. The van der Waals surface area contributed by atoms with Crippen LogP contribution in [0, 0.1) is 0 Å². The monoisotopic (exact) mass is 487 g/mol. The number of carbonyl (C=O) groups is 1. The van der Waals surface area contributed by atoms with E-state index in [0.717, 1.165) is 33.4 Å². The average molecular weight is 488 g/mol. The van der Waals surface area contributed by atoms with Crippen LogP contribution in [0.15, 0.2) is 47.6 Å². The number of carbonyl (C=O) groups excluding carboxylic acids is 1. The minimum absolute atomic E-state index is 0.185. The van der Waals surface area contributed by atoms with Crippen molar-refractivity contribution in [2.24, 2.45) is 5.10 Å². The van der Waals surface area contributed by atoms with Crippen LogP contribution in [0.1, 0.15) is 5.56 Å². The van der Waals surface area contributed by atoms with Crippen LogP contribution >= 0.6 is 35.0 Å². The molecule has 1 fully saturated rings. The molecule has 7 nitrogen and oxygen atoms in total. The molecule has 11 heteroatoms. The first-order chi connectivity index (χ1) is 14.2. The number of hydrogen-bond donors (Lipinski definition) is 1. The largest absolute Gasteiger partial charge is 0.489 e. The Kier molecular flexibility index (Phi) is 7.51. The van der Waals surface area contributed by atoms with Gasteiger partial charge in [0.1, 0.15) is 18.4 Å². The van der Waals surface area contributed by atoms with E-state index in [1.807, 2.05) is 36.0 Å². The molecule has 1 heterocycles. The third kappa shape index (κ3) is 6.28. The van der Waals surface area contributed by atoms with Crippen LogP contribution in [-0.2, 0) is 14.8 Å². The van der Waals surface area contributed by atoms with Crippen molar-refractivity contribution in [3.05, 3.63) is 58.1 Å². The Hall–Kier alpha value is -1.94. The zero-order valence-corrected chi connectivity index (χ0v) is 19.1. The van der Waals surface area contributed by atoms with Gasteiger partial charge in [-0.05, 0) is 48.0 Å². The molecule has 0 atom stereocenters. The molecule has 0 saturated carbocycles. The van der Waals surface area contributed by atoms with Crippen LogP contribution in [0.4, 0.5) is 5.69 Å². The standard InChI is InChI=1S/C19H19Cl2N3O4S2/c1-30(26,27)24(14-4-7-17(20)18(21)8-14)10-19(25)23-22-9-13-2-5-15(6-3-13)28-16-11-29-12-16/h2-9,16H,10-12H2,1H3,(H,23,25)/b22-9-. The van der Waals surface area contributed by atoms with Crippen molar-refractivity contribution in [3.8, 4) is 5.75 Å². The van der Waals surface area contributed by atoms with E-state index in [0.29, 0.717) is 0 Å². The highest BCUT2D eigenvalue weighted by molar-refractivity contribution is 8.00. The van der Waals surface area contributed by atoms with Crippen LogP contribution < -0.4 is 14.5 Å². The summed E-state index contributed by atoms with van der Waals surface area (Å²) in [5.74, 6) is 2.18. The third-order valence-electron chi connectivity index (χ3n) is 4.07. The van der Waals surface area contributed by atoms with Gasteiger partial charge >= 0.3 is 0 Å². The number of anilines is 1. The second-order valence-corrected chi connectivity index (χ2v) is 10.3. The minimum atomic E-state index is -3.73. The van der Waals surface area contributed by atoms with Crippen LogP contribution in [0.3, 0.4) is 0 Å².